The van der Waals surface area contributed by atoms with Crippen molar-refractivity contribution in [2.45, 2.75) is 4.90 Å². The second kappa shape index (κ2) is 3.70. The van der Waals surface area contributed by atoms with Crippen LogP contribution in [-0.2, 0) is 9.84 Å². The summed E-state index contributed by atoms with van der Waals surface area (Å²) in [5, 5.41) is 8.68. The monoisotopic (exact) mass is 278 g/mol. The molecule has 0 radical (unpaired) electrons. The van der Waals surface area contributed by atoms with Gasteiger partial charge in [0.05, 0.1) is 10.5 Å². The zero-order valence-corrected chi connectivity index (χ0v) is 9.59. The summed E-state index contributed by atoms with van der Waals surface area (Å²) < 4.78 is 22.7. The van der Waals surface area contributed by atoms with E-state index in [1.807, 2.05) is 0 Å². The Morgan fingerprint density at radius 3 is 2.36 bits per heavy atom. The second-order valence-electron chi connectivity index (χ2n) is 2.75. The van der Waals surface area contributed by atoms with Crippen molar-refractivity contribution in [1.29, 1.82) is 0 Å². The third kappa shape index (κ3) is 2.55. The summed E-state index contributed by atoms with van der Waals surface area (Å²) >= 11 is 3.05. The molecule has 0 aliphatic carbocycles. The summed E-state index contributed by atoms with van der Waals surface area (Å²) in [7, 11) is -3.37. The van der Waals surface area contributed by atoms with Gasteiger partial charge >= 0.3 is 5.97 Å². The summed E-state index contributed by atoms with van der Waals surface area (Å²) in [5.41, 5.74) is -0.0557. The molecule has 14 heavy (non-hydrogen) atoms. The molecule has 1 rings (SSSR count). The number of hydrogen-bond acceptors (Lipinski definition) is 3. The van der Waals surface area contributed by atoms with Gasteiger partial charge in [-0.25, -0.2) is 13.2 Å². The number of sulfone groups is 1. The van der Waals surface area contributed by atoms with Crippen LogP contribution in [-0.4, -0.2) is 25.7 Å². The largest absolute Gasteiger partial charge is 0.478 e. The molecule has 0 spiro atoms. The normalized spacial score (nSPS) is 11.3. The van der Waals surface area contributed by atoms with Crippen molar-refractivity contribution in [3.05, 3.63) is 28.2 Å². The molecule has 0 saturated carbocycles. The van der Waals surface area contributed by atoms with Gasteiger partial charge in [0.15, 0.2) is 9.84 Å². The molecule has 0 aromatic heterocycles. The van der Waals surface area contributed by atoms with Crippen LogP contribution in [0.25, 0.3) is 0 Å². The molecule has 0 aliphatic rings. The van der Waals surface area contributed by atoms with Crippen LogP contribution in [0.4, 0.5) is 0 Å². The highest BCUT2D eigenvalue weighted by Crippen LogP contribution is 2.19. The first-order valence-electron chi connectivity index (χ1n) is 3.54. The van der Waals surface area contributed by atoms with Crippen molar-refractivity contribution < 1.29 is 18.3 Å². The van der Waals surface area contributed by atoms with Crippen molar-refractivity contribution in [3.63, 3.8) is 0 Å². The van der Waals surface area contributed by atoms with Gasteiger partial charge in [-0.3, -0.25) is 0 Å². The highest BCUT2D eigenvalue weighted by molar-refractivity contribution is 9.10. The Morgan fingerprint density at radius 2 is 1.93 bits per heavy atom. The highest BCUT2D eigenvalue weighted by atomic mass is 79.9. The van der Waals surface area contributed by atoms with E-state index in [2.05, 4.69) is 15.9 Å². The highest BCUT2D eigenvalue weighted by Gasteiger charge is 2.12. The first kappa shape index (κ1) is 11.2. The molecule has 0 unspecified atom stereocenters. The third-order valence-corrected chi connectivity index (χ3v) is 3.10. The smallest absolute Gasteiger partial charge is 0.335 e. The molecule has 0 amide bonds. The molecule has 0 atom stereocenters. The lowest BCUT2D eigenvalue weighted by Gasteiger charge is -2.01. The molecule has 0 saturated heterocycles. The number of aromatic carboxylic acids is 1. The van der Waals surface area contributed by atoms with E-state index in [-0.39, 0.29) is 10.5 Å². The van der Waals surface area contributed by atoms with E-state index in [0.717, 1.165) is 12.3 Å². The zero-order valence-electron chi connectivity index (χ0n) is 7.19. The molecule has 0 heterocycles. The summed E-state index contributed by atoms with van der Waals surface area (Å²) in [5.74, 6) is -1.16. The zero-order chi connectivity index (χ0) is 10.9. The Bertz CT molecular complexity index is 478. The standard InChI is InChI=1S/C8H7BrO4S/c1-14(12,13)7-3-5(8(10)11)2-6(9)4-7/h2-4H,1H3,(H,10,11). The molecule has 0 bridgehead atoms. The number of benzene rings is 1. The van der Waals surface area contributed by atoms with E-state index in [9.17, 15) is 13.2 Å². The van der Waals surface area contributed by atoms with E-state index >= 15 is 0 Å². The lowest BCUT2D eigenvalue weighted by molar-refractivity contribution is 0.0696. The van der Waals surface area contributed by atoms with Crippen molar-refractivity contribution in [2.24, 2.45) is 0 Å². The van der Waals surface area contributed by atoms with Crippen LogP contribution >= 0.6 is 15.9 Å². The maximum atomic E-state index is 11.1. The molecule has 1 aromatic rings. The minimum absolute atomic E-state index is 0.00993. The quantitative estimate of drug-likeness (QED) is 0.891. The fraction of sp³-hybridized carbons (Fsp3) is 0.125. The molecule has 4 nitrogen and oxygen atoms in total. The second-order valence-corrected chi connectivity index (χ2v) is 5.68. The van der Waals surface area contributed by atoms with Crippen LogP contribution < -0.4 is 0 Å². The molecule has 6 heteroatoms. The minimum Gasteiger partial charge on any atom is -0.478 e. The number of carboxylic acid groups (broad SMARTS) is 1. The molecular formula is C8H7BrO4S. The number of rotatable bonds is 2. The van der Waals surface area contributed by atoms with Gasteiger partial charge in [0.2, 0.25) is 0 Å². The van der Waals surface area contributed by atoms with E-state index in [0.29, 0.717) is 4.47 Å². The lowest BCUT2D eigenvalue weighted by Crippen LogP contribution is -2.02. The Kier molecular flexibility index (Phi) is 2.96. The van der Waals surface area contributed by atoms with Gasteiger partial charge in [-0.05, 0) is 18.2 Å². The van der Waals surface area contributed by atoms with Crippen molar-refractivity contribution >= 4 is 31.7 Å². The third-order valence-electron chi connectivity index (χ3n) is 1.55. The van der Waals surface area contributed by atoms with Crippen LogP contribution in [0.3, 0.4) is 0 Å². The summed E-state index contributed by atoms with van der Waals surface area (Å²) in [6.07, 6.45) is 1.03. The predicted octanol–water partition coefficient (Wildman–Crippen LogP) is 1.55. The predicted molar refractivity (Wildman–Crippen MR) is 54.2 cm³/mol. The van der Waals surface area contributed by atoms with Crippen molar-refractivity contribution in [3.8, 4) is 0 Å². The SMILES string of the molecule is CS(=O)(=O)c1cc(Br)cc(C(=O)O)c1. The summed E-state index contributed by atoms with van der Waals surface area (Å²) in [4.78, 5) is 10.6. The Balaban J connectivity index is 3.43. The lowest BCUT2D eigenvalue weighted by atomic mass is 10.2. The van der Waals surface area contributed by atoms with Crippen LogP contribution in [0.2, 0.25) is 0 Å². The van der Waals surface area contributed by atoms with Crippen molar-refractivity contribution in [2.75, 3.05) is 6.26 Å². The van der Waals surface area contributed by atoms with Gasteiger partial charge in [0, 0.05) is 10.7 Å². The molecule has 1 aromatic carbocycles. The summed E-state index contributed by atoms with van der Waals surface area (Å²) in [6, 6.07) is 3.83. The van der Waals surface area contributed by atoms with E-state index in [1.165, 1.54) is 12.1 Å². The van der Waals surface area contributed by atoms with Crippen LogP contribution in [0, 0.1) is 0 Å². The molecule has 76 valence electrons. The van der Waals surface area contributed by atoms with Gasteiger partial charge in [-0.15, -0.1) is 0 Å². The van der Waals surface area contributed by atoms with E-state index in [1.54, 1.807) is 0 Å². The van der Waals surface area contributed by atoms with E-state index in [4.69, 9.17) is 5.11 Å². The molecule has 0 fully saturated rings. The van der Waals surface area contributed by atoms with Gasteiger partial charge in [-0.1, -0.05) is 15.9 Å². The van der Waals surface area contributed by atoms with Gasteiger partial charge < -0.3 is 5.11 Å². The van der Waals surface area contributed by atoms with Gasteiger partial charge in [-0.2, -0.15) is 0 Å². The fourth-order valence-corrected chi connectivity index (χ4v) is 2.23. The molecule has 0 aliphatic heterocycles. The van der Waals surface area contributed by atoms with Crippen molar-refractivity contribution in [1.82, 2.24) is 0 Å². The number of hydrogen-bond donors (Lipinski definition) is 1. The Labute approximate surface area is 89.6 Å². The topological polar surface area (TPSA) is 71.4 Å². The van der Waals surface area contributed by atoms with Crippen LogP contribution in [0.5, 0.6) is 0 Å². The summed E-state index contributed by atoms with van der Waals surface area (Å²) in [6.45, 7) is 0. The Hall–Kier alpha value is -0.880. The molecule has 1 N–H and O–H groups in total. The molecular weight excluding hydrogens is 272 g/mol. The maximum Gasteiger partial charge on any atom is 0.335 e. The maximum absolute atomic E-state index is 11.1. The minimum atomic E-state index is -3.37. The fourth-order valence-electron chi connectivity index (χ4n) is 0.900. The first-order chi connectivity index (χ1) is 6.30. The Morgan fingerprint density at radius 1 is 1.36 bits per heavy atom. The van der Waals surface area contributed by atoms with E-state index < -0.39 is 15.8 Å². The van der Waals surface area contributed by atoms with Gasteiger partial charge in [0.1, 0.15) is 0 Å². The van der Waals surface area contributed by atoms with Crippen LogP contribution in [0.1, 0.15) is 10.4 Å². The van der Waals surface area contributed by atoms with Crippen LogP contribution in [0.15, 0.2) is 27.6 Å². The average molecular weight is 279 g/mol. The van der Waals surface area contributed by atoms with Gasteiger partial charge in [0.25, 0.3) is 0 Å². The average Bonchev–Trinajstić information content (AvgIpc) is 2.01. The number of carboxylic acids is 1. The first-order valence-corrected chi connectivity index (χ1v) is 6.23. The number of carbonyl (C=O) groups is 1. The number of halogens is 1.